The summed E-state index contributed by atoms with van der Waals surface area (Å²) in [5.74, 6) is 2.03. The van der Waals surface area contributed by atoms with E-state index in [4.69, 9.17) is 4.74 Å². The molecule has 1 aliphatic heterocycles. The highest BCUT2D eigenvalue weighted by atomic mass is 32.2. The number of hydrogen-bond donors (Lipinski definition) is 2. The minimum absolute atomic E-state index is 0.111. The molecule has 0 radical (unpaired) electrons. The van der Waals surface area contributed by atoms with E-state index in [-0.39, 0.29) is 5.91 Å². The molecule has 0 bridgehead atoms. The van der Waals surface area contributed by atoms with E-state index in [0.29, 0.717) is 18.3 Å². The topological polar surface area (TPSA) is 50.4 Å². The van der Waals surface area contributed by atoms with Gasteiger partial charge < -0.3 is 15.4 Å². The Bertz CT molecular complexity index is 430. The molecular formula is C16H24N2O2S. The largest absolute Gasteiger partial charge is 0.494 e. The molecule has 1 amide bonds. The summed E-state index contributed by atoms with van der Waals surface area (Å²) >= 11 is 1.56. The van der Waals surface area contributed by atoms with Crippen molar-refractivity contribution < 1.29 is 9.53 Å². The van der Waals surface area contributed by atoms with Gasteiger partial charge in [-0.3, -0.25) is 4.79 Å². The van der Waals surface area contributed by atoms with Gasteiger partial charge in [0.05, 0.1) is 12.4 Å². The summed E-state index contributed by atoms with van der Waals surface area (Å²) in [5.41, 5.74) is 0. The van der Waals surface area contributed by atoms with Gasteiger partial charge in [0.25, 0.3) is 0 Å². The number of nitrogens with one attached hydrogen (secondary N) is 2. The lowest BCUT2D eigenvalue weighted by molar-refractivity contribution is -0.118. The average Bonchev–Trinajstić information content (AvgIpc) is 2.53. The van der Waals surface area contributed by atoms with Crippen LogP contribution in [0.25, 0.3) is 0 Å². The Balaban J connectivity index is 1.65. The molecule has 1 fully saturated rings. The molecule has 21 heavy (non-hydrogen) atoms. The van der Waals surface area contributed by atoms with Crippen LogP contribution < -0.4 is 15.4 Å². The van der Waals surface area contributed by atoms with Crippen molar-refractivity contribution in [2.24, 2.45) is 5.92 Å². The van der Waals surface area contributed by atoms with Gasteiger partial charge in [-0.25, -0.2) is 0 Å². The average molecular weight is 308 g/mol. The van der Waals surface area contributed by atoms with Gasteiger partial charge in [0.2, 0.25) is 5.91 Å². The first kappa shape index (κ1) is 16.2. The van der Waals surface area contributed by atoms with Crippen LogP contribution in [0.5, 0.6) is 5.75 Å². The molecule has 2 rings (SSSR count). The number of amides is 1. The van der Waals surface area contributed by atoms with E-state index >= 15 is 0 Å². The molecule has 0 saturated carbocycles. The number of thioether (sulfide) groups is 1. The number of carbonyl (C=O) groups is 1. The molecule has 5 heteroatoms. The van der Waals surface area contributed by atoms with Gasteiger partial charge in [0.1, 0.15) is 5.75 Å². The molecule has 0 spiro atoms. The molecule has 0 aromatic heterocycles. The highest BCUT2D eigenvalue weighted by molar-refractivity contribution is 8.00. The molecule has 116 valence electrons. The predicted octanol–water partition coefficient (Wildman–Crippen LogP) is 2.29. The van der Waals surface area contributed by atoms with Gasteiger partial charge in [-0.05, 0) is 63.0 Å². The Kier molecular flexibility index (Phi) is 6.89. The first-order valence-corrected chi connectivity index (χ1v) is 8.59. The van der Waals surface area contributed by atoms with Crippen molar-refractivity contribution in [2.45, 2.75) is 24.7 Å². The lowest BCUT2D eigenvalue weighted by Gasteiger charge is -2.22. The van der Waals surface area contributed by atoms with Crippen LogP contribution in [0.3, 0.4) is 0 Å². The third-order valence-electron chi connectivity index (χ3n) is 3.49. The van der Waals surface area contributed by atoms with Crippen LogP contribution in [0.1, 0.15) is 19.8 Å². The van der Waals surface area contributed by atoms with Crippen molar-refractivity contribution in [3.05, 3.63) is 24.3 Å². The second kappa shape index (κ2) is 8.95. The van der Waals surface area contributed by atoms with E-state index in [2.05, 4.69) is 10.6 Å². The van der Waals surface area contributed by atoms with Crippen LogP contribution in [0.15, 0.2) is 29.2 Å². The molecule has 1 saturated heterocycles. The van der Waals surface area contributed by atoms with Crippen LogP contribution in [0, 0.1) is 5.92 Å². The number of piperidine rings is 1. The van der Waals surface area contributed by atoms with Crippen LogP contribution in [-0.4, -0.2) is 37.9 Å². The normalized spacial score (nSPS) is 18.2. The summed E-state index contributed by atoms with van der Waals surface area (Å²) in [7, 11) is 0. The number of ether oxygens (including phenoxy) is 1. The number of rotatable bonds is 7. The minimum Gasteiger partial charge on any atom is -0.494 e. The summed E-state index contributed by atoms with van der Waals surface area (Å²) in [6.07, 6.45) is 2.42. The van der Waals surface area contributed by atoms with Crippen molar-refractivity contribution >= 4 is 17.7 Å². The Morgan fingerprint density at radius 3 is 2.90 bits per heavy atom. The second-order valence-electron chi connectivity index (χ2n) is 5.21. The smallest absolute Gasteiger partial charge is 0.230 e. The van der Waals surface area contributed by atoms with Crippen molar-refractivity contribution in [3.63, 3.8) is 0 Å². The van der Waals surface area contributed by atoms with E-state index in [1.165, 1.54) is 12.8 Å². The molecule has 0 aliphatic carbocycles. The zero-order chi connectivity index (χ0) is 14.9. The maximum Gasteiger partial charge on any atom is 0.230 e. The highest BCUT2D eigenvalue weighted by Crippen LogP contribution is 2.21. The summed E-state index contributed by atoms with van der Waals surface area (Å²) in [6.45, 7) is 5.56. The lowest BCUT2D eigenvalue weighted by atomic mass is 10.00. The zero-order valence-corrected chi connectivity index (χ0v) is 13.4. The molecule has 2 N–H and O–H groups in total. The number of hydrogen-bond acceptors (Lipinski definition) is 4. The van der Waals surface area contributed by atoms with Crippen molar-refractivity contribution in [1.29, 1.82) is 0 Å². The van der Waals surface area contributed by atoms with Gasteiger partial charge in [-0.15, -0.1) is 11.8 Å². The monoisotopic (exact) mass is 308 g/mol. The third-order valence-corrected chi connectivity index (χ3v) is 4.50. The van der Waals surface area contributed by atoms with Gasteiger partial charge in [0, 0.05) is 11.4 Å². The van der Waals surface area contributed by atoms with Crippen LogP contribution in [-0.2, 0) is 4.79 Å². The second-order valence-corrected chi connectivity index (χ2v) is 6.26. The first-order chi connectivity index (χ1) is 10.3. The maximum atomic E-state index is 11.9. The molecule has 1 aliphatic rings. The molecule has 1 heterocycles. The zero-order valence-electron chi connectivity index (χ0n) is 12.6. The van der Waals surface area contributed by atoms with E-state index in [1.807, 2.05) is 31.2 Å². The van der Waals surface area contributed by atoms with E-state index in [0.717, 1.165) is 30.3 Å². The summed E-state index contributed by atoms with van der Waals surface area (Å²) in [5, 5.41) is 6.39. The van der Waals surface area contributed by atoms with Crippen LogP contribution in [0.2, 0.25) is 0 Å². The Labute approximate surface area is 131 Å². The number of benzene rings is 1. The summed E-state index contributed by atoms with van der Waals surface area (Å²) in [4.78, 5) is 12.9. The quantitative estimate of drug-likeness (QED) is 0.759. The fraction of sp³-hybridized carbons (Fsp3) is 0.562. The molecule has 1 aromatic rings. The Morgan fingerprint density at radius 2 is 2.24 bits per heavy atom. The fourth-order valence-electron chi connectivity index (χ4n) is 2.36. The molecule has 1 aromatic carbocycles. The Morgan fingerprint density at radius 1 is 1.43 bits per heavy atom. The van der Waals surface area contributed by atoms with Gasteiger partial charge >= 0.3 is 0 Å². The number of carbonyl (C=O) groups excluding carboxylic acids is 1. The third kappa shape index (κ3) is 5.98. The van der Waals surface area contributed by atoms with E-state index in [9.17, 15) is 4.79 Å². The Hall–Kier alpha value is -1.20. The van der Waals surface area contributed by atoms with Gasteiger partial charge in [-0.2, -0.15) is 0 Å². The minimum atomic E-state index is 0.111. The summed E-state index contributed by atoms with van der Waals surface area (Å²) in [6, 6.07) is 7.87. The molecular weight excluding hydrogens is 284 g/mol. The van der Waals surface area contributed by atoms with Crippen molar-refractivity contribution in [2.75, 3.05) is 32.0 Å². The van der Waals surface area contributed by atoms with E-state index in [1.54, 1.807) is 11.8 Å². The van der Waals surface area contributed by atoms with Crippen molar-refractivity contribution in [1.82, 2.24) is 10.6 Å². The van der Waals surface area contributed by atoms with Gasteiger partial charge in [0.15, 0.2) is 0 Å². The van der Waals surface area contributed by atoms with Crippen LogP contribution >= 0.6 is 11.8 Å². The molecule has 4 nitrogen and oxygen atoms in total. The SMILES string of the molecule is CCOc1ccc(SCC(=O)NCC2CCCNC2)cc1. The lowest BCUT2D eigenvalue weighted by Crippen LogP contribution is -2.38. The predicted molar refractivity (Wildman–Crippen MR) is 86.9 cm³/mol. The van der Waals surface area contributed by atoms with Crippen molar-refractivity contribution in [3.8, 4) is 5.75 Å². The highest BCUT2D eigenvalue weighted by Gasteiger charge is 2.13. The maximum absolute atomic E-state index is 11.9. The summed E-state index contributed by atoms with van der Waals surface area (Å²) < 4.78 is 5.40. The first-order valence-electron chi connectivity index (χ1n) is 7.61. The molecule has 1 unspecified atom stereocenters. The van der Waals surface area contributed by atoms with Crippen LogP contribution in [0.4, 0.5) is 0 Å². The fourth-order valence-corrected chi connectivity index (χ4v) is 3.08. The standard InChI is InChI=1S/C16H24N2O2S/c1-2-20-14-5-7-15(8-6-14)21-12-16(19)18-11-13-4-3-9-17-10-13/h5-8,13,17H,2-4,9-12H2,1H3,(H,18,19). The van der Waals surface area contributed by atoms with E-state index < -0.39 is 0 Å². The van der Waals surface area contributed by atoms with Gasteiger partial charge in [-0.1, -0.05) is 0 Å². The molecule has 1 atom stereocenters.